The smallest absolute Gasteiger partial charge is 0.257 e. The van der Waals surface area contributed by atoms with Gasteiger partial charge in [-0.2, -0.15) is 4.37 Å². The van der Waals surface area contributed by atoms with Crippen LogP contribution in [-0.4, -0.2) is 30.4 Å². The molecule has 5 nitrogen and oxygen atoms in total. The summed E-state index contributed by atoms with van der Waals surface area (Å²) in [4.78, 5) is 14.2. The Bertz CT molecular complexity index is 640. The predicted molar refractivity (Wildman–Crippen MR) is 86.0 cm³/mol. The summed E-state index contributed by atoms with van der Waals surface area (Å²) >= 11 is 1.30. The van der Waals surface area contributed by atoms with Crippen LogP contribution in [0.1, 0.15) is 21.5 Å². The molecule has 0 saturated carbocycles. The number of nitrogen functional groups attached to an aromatic ring is 1. The molecule has 6 heteroatoms. The first-order chi connectivity index (χ1) is 10.2. The number of nitrogens with one attached hydrogen (secondary N) is 1. The minimum Gasteiger partial charge on any atom is -0.382 e. The summed E-state index contributed by atoms with van der Waals surface area (Å²) in [5, 5.41) is 3.52. The first-order valence-corrected chi connectivity index (χ1v) is 7.77. The van der Waals surface area contributed by atoms with Crippen LogP contribution < -0.4 is 16.0 Å². The van der Waals surface area contributed by atoms with Crippen molar-refractivity contribution in [3.63, 3.8) is 0 Å². The minimum atomic E-state index is -0.169. The third kappa shape index (κ3) is 2.58. The lowest BCUT2D eigenvalue weighted by Crippen LogP contribution is -2.28. The number of anilines is 2. The molecule has 3 rings (SSSR count). The number of carbonyl (C=O) groups is 1. The Balaban J connectivity index is 1.88. The summed E-state index contributed by atoms with van der Waals surface area (Å²) in [6.45, 7) is 1.76. The third-order valence-electron chi connectivity index (χ3n) is 3.86. The van der Waals surface area contributed by atoms with E-state index in [0.29, 0.717) is 11.4 Å². The van der Waals surface area contributed by atoms with Crippen LogP contribution in [-0.2, 0) is 12.8 Å². The second kappa shape index (κ2) is 5.73. The molecule has 0 bridgehead atoms. The second-order valence-corrected chi connectivity index (χ2v) is 5.83. The zero-order valence-electron chi connectivity index (χ0n) is 11.9. The number of benzene rings is 1. The van der Waals surface area contributed by atoms with Gasteiger partial charge < -0.3 is 16.0 Å². The molecule has 0 aliphatic carbocycles. The number of amides is 1. The van der Waals surface area contributed by atoms with Crippen molar-refractivity contribution in [2.24, 2.45) is 0 Å². The molecule has 0 spiro atoms. The number of fused-ring (bicyclic) bond motifs is 1. The molecule has 0 fully saturated rings. The van der Waals surface area contributed by atoms with Gasteiger partial charge in [-0.25, -0.2) is 0 Å². The zero-order valence-corrected chi connectivity index (χ0v) is 12.7. The quantitative estimate of drug-likeness (QED) is 0.885. The van der Waals surface area contributed by atoms with E-state index in [9.17, 15) is 4.79 Å². The normalized spacial score (nSPS) is 14.4. The van der Waals surface area contributed by atoms with E-state index in [1.165, 1.54) is 22.7 Å². The number of nitrogens with zero attached hydrogens (tertiary/aromatic N) is 2. The first-order valence-electron chi connectivity index (χ1n) is 6.99. The van der Waals surface area contributed by atoms with Crippen LogP contribution in [0.4, 0.5) is 10.8 Å². The molecule has 1 aromatic heterocycles. The van der Waals surface area contributed by atoms with Crippen LogP contribution >= 0.6 is 11.5 Å². The molecular weight excluding hydrogens is 284 g/mol. The molecule has 21 heavy (non-hydrogen) atoms. The summed E-state index contributed by atoms with van der Waals surface area (Å²) in [6, 6.07) is 8.52. The maximum atomic E-state index is 12.0. The number of hydrogen-bond donors (Lipinski definition) is 2. The van der Waals surface area contributed by atoms with Crippen LogP contribution in [0, 0.1) is 0 Å². The Hall–Kier alpha value is -2.08. The topological polar surface area (TPSA) is 71.2 Å². The van der Waals surface area contributed by atoms with Gasteiger partial charge in [-0.05, 0) is 35.5 Å². The summed E-state index contributed by atoms with van der Waals surface area (Å²) in [7, 11) is 1.61. The maximum Gasteiger partial charge on any atom is 0.257 e. The highest BCUT2D eigenvalue weighted by molar-refractivity contribution is 7.11. The first kappa shape index (κ1) is 13.9. The summed E-state index contributed by atoms with van der Waals surface area (Å²) in [5.41, 5.74) is 9.14. The number of nitrogens with two attached hydrogens (primary N) is 1. The van der Waals surface area contributed by atoms with Gasteiger partial charge in [0.2, 0.25) is 0 Å². The van der Waals surface area contributed by atoms with Crippen molar-refractivity contribution in [3.8, 4) is 0 Å². The van der Waals surface area contributed by atoms with Gasteiger partial charge in [0, 0.05) is 20.1 Å². The summed E-state index contributed by atoms with van der Waals surface area (Å²) in [5.74, 6) is 0.147. The van der Waals surface area contributed by atoms with Crippen molar-refractivity contribution < 1.29 is 4.79 Å². The predicted octanol–water partition coefficient (Wildman–Crippen LogP) is 1.69. The van der Waals surface area contributed by atoms with Crippen molar-refractivity contribution in [2.75, 3.05) is 30.8 Å². The lowest BCUT2D eigenvalue weighted by atomic mass is 10.0. The molecule has 1 aliphatic heterocycles. The molecule has 0 saturated heterocycles. The SMILES string of the molecule is CNC(=O)c1c(N)nsc1N1CCc2ccccc2CC1. The average Bonchev–Trinajstić information content (AvgIpc) is 2.76. The molecule has 110 valence electrons. The fourth-order valence-corrected chi connectivity index (χ4v) is 3.58. The Morgan fingerprint density at radius 1 is 1.29 bits per heavy atom. The van der Waals surface area contributed by atoms with Gasteiger partial charge in [0.15, 0.2) is 5.82 Å². The van der Waals surface area contributed by atoms with Crippen molar-refractivity contribution in [1.29, 1.82) is 0 Å². The summed E-state index contributed by atoms with van der Waals surface area (Å²) < 4.78 is 4.16. The van der Waals surface area contributed by atoms with Gasteiger partial charge in [0.1, 0.15) is 10.6 Å². The van der Waals surface area contributed by atoms with Gasteiger partial charge in [-0.15, -0.1) is 0 Å². The molecule has 0 unspecified atom stereocenters. The van der Waals surface area contributed by atoms with E-state index in [1.807, 2.05) is 0 Å². The number of rotatable bonds is 2. The maximum absolute atomic E-state index is 12.0. The molecular formula is C15H18N4OS. The monoisotopic (exact) mass is 302 g/mol. The largest absolute Gasteiger partial charge is 0.382 e. The molecule has 1 aromatic carbocycles. The van der Waals surface area contributed by atoms with Crippen LogP contribution in [0.15, 0.2) is 24.3 Å². The van der Waals surface area contributed by atoms with Gasteiger partial charge in [0.25, 0.3) is 5.91 Å². The van der Waals surface area contributed by atoms with E-state index in [-0.39, 0.29) is 5.91 Å². The van der Waals surface area contributed by atoms with E-state index in [2.05, 4.69) is 38.9 Å². The van der Waals surface area contributed by atoms with Gasteiger partial charge in [-0.3, -0.25) is 4.79 Å². The minimum absolute atomic E-state index is 0.169. The Morgan fingerprint density at radius 2 is 1.90 bits per heavy atom. The van der Waals surface area contributed by atoms with Crippen molar-refractivity contribution >= 4 is 28.3 Å². The van der Waals surface area contributed by atoms with Crippen molar-refractivity contribution in [3.05, 3.63) is 41.0 Å². The highest BCUT2D eigenvalue weighted by atomic mass is 32.1. The highest BCUT2D eigenvalue weighted by Gasteiger charge is 2.24. The average molecular weight is 302 g/mol. The zero-order chi connectivity index (χ0) is 14.8. The van der Waals surface area contributed by atoms with Crippen LogP contribution in [0.2, 0.25) is 0 Å². The summed E-state index contributed by atoms with van der Waals surface area (Å²) in [6.07, 6.45) is 1.95. The van der Waals surface area contributed by atoms with Gasteiger partial charge >= 0.3 is 0 Å². The van der Waals surface area contributed by atoms with Gasteiger partial charge in [0.05, 0.1) is 0 Å². The number of carbonyl (C=O) groups excluding carboxylic acids is 1. The van der Waals surface area contributed by atoms with E-state index in [0.717, 1.165) is 30.9 Å². The van der Waals surface area contributed by atoms with E-state index in [1.54, 1.807) is 7.05 Å². The van der Waals surface area contributed by atoms with E-state index in [4.69, 9.17) is 5.73 Å². The molecule has 1 amide bonds. The number of aromatic nitrogens is 1. The van der Waals surface area contributed by atoms with Gasteiger partial charge in [-0.1, -0.05) is 24.3 Å². The van der Waals surface area contributed by atoms with E-state index < -0.39 is 0 Å². The molecule has 2 aromatic rings. The fraction of sp³-hybridized carbons (Fsp3) is 0.333. The molecule has 0 atom stereocenters. The third-order valence-corrected chi connectivity index (χ3v) is 4.79. The Morgan fingerprint density at radius 3 is 2.48 bits per heavy atom. The second-order valence-electron chi connectivity index (χ2n) is 5.08. The molecule has 3 N–H and O–H groups in total. The van der Waals surface area contributed by atoms with E-state index >= 15 is 0 Å². The van der Waals surface area contributed by atoms with Crippen molar-refractivity contribution in [1.82, 2.24) is 9.69 Å². The highest BCUT2D eigenvalue weighted by Crippen LogP contribution is 2.32. The lowest BCUT2D eigenvalue weighted by molar-refractivity contribution is 0.0964. The van der Waals surface area contributed by atoms with Crippen LogP contribution in [0.3, 0.4) is 0 Å². The molecule has 1 aliphatic rings. The Labute approximate surface area is 127 Å². The molecule has 0 radical (unpaired) electrons. The fourth-order valence-electron chi connectivity index (χ4n) is 2.72. The molecule has 2 heterocycles. The number of hydrogen-bond acceptors (Lipinski definition) is 5. The lowest BCUT2D eigenvalue weighted by Gasteiger charge is -2.21. The standard InChI is InChI=1S/C15H18N4OS/c1-17-14(20)12-13(16)18-21-15(12)19-8-6-10-4-2-3-5-11(10)7-9-19/h2-5H,6-9H2,1H3,(H2,16,18)(H,17,20). The van der Waals surface area contributed by atoms with Crippen LogP contribution in [0.5, 0.6) is 0 Å². The van der Waals surface area contributed by atoms with Crippen LogP contribution in [0.25, 0.3) is 0 Å². The van der Waals surface area contributed by atoms with Crippen molar-refractivity contribution in [2.45, 2.75) is 12.8 Å². The Kier molecular flexibility index (Phi) is 3.79.